The molecule has 0 bridgehead atoms. The molecule has 118 valence electrons. The van der Waals surface area contributed by atoms with Crippen molar-refractivity contribution in [1.82, 2.24) is 5.32 Å². The molecule has 0 unspecified atom stereocenters. The topological polar surface area (TPSA) is 75.6 Å². The molecule has 0 saturated heterocycles. The average molecular weight is 423 g/mol. The van der Waals surface area contributed by atoms with Gasteiger partial charge in [-0.1, -0.05) is 24.3 Å². The molecule has 0 aromatic heterocycles. The van der Waals surface area contributed by atoms with E-state index in [1.165, 1.54) is 6.08 Å². The third-order valence-electron chi connectivity index (χ3n) is 3.02. The van der Waals surface area contributed by atoms with Crippen molar-refractivity contribution in [2.45, 2.75) is 0 Å². The van der Waals surface area contributed by atoms with E-state index in [9.17, 15) is 14.7 Å². The van der Waals surface area contributed by atoms with Crippen LogP contribution in [0.5, 0.6) is 5.75 Å². The van der Waals surface area contributed by atoms with Crippen LogP contribution in [0.25, 0.3) is 6.08 Å². The lowest BCUT2D eigenvalue weighted by molar-refractivity contribution is -0.132. The molecule has 0 aliphatic heterocycles. The molecular weight excluding hydrogens is 409 g/mol. The maximum absolute atomic E-state index is 12.2. The summed E-state index contributed by atoms with van der Waals surface area (Å²) in [6.45, 7) is 0. The summed E-state index contributed by atoms with van der Waals surface area (Å²) in [6, 6.07) is 13.8. The molecule has 0 aliphatic rings. The number of carboxylic acid groups (broad SMARTS) is 1. The van der Waals surface area contributed by atoms with Gasteiger partial charge in [-0.15, -0.1) is 0 Å². The number of nitrogens with one attached hydrogen (secondary N) is 1. The molecule has 0 radical (unpaired) electrons. The maximum Gasteiger partial charge on any atom is 0.352 e. The first-order valence-electron chi connectivity index (χ1n) is 6.66. The molecule has 23 heavy (non-hydrogen) atoms. The van der Waals surface area contributed by atoms with Crippen LogP contribution in [-0.4, -0.2) is 24.1 Å². The van der Waals surface area contributed by atoms with Crippen LogP contribution in [0, 0.1) is 3.57 Å². The number of benzene rings is 2. The van der Waals surface area contributed by atoms with E-state index in [4.69, 9.17) is 4.74 Å². The number of hydrogen-bond donors (Lipinski definition) is 2. The van der Waals surface area contributed by atoms with Crippen LogP contribution in [-0.2, 0) is 4.79 Å². The standard InChI is InChI=1S/C17H14INO4/c1-23-12-8-6-11(7-9-12)10-15(17(21)22)19-16(20)13-4-2-3-5-14(13)18/h2-10H,1H3,(H,19,20)(H,21,22). The van der Waals surface area contributed by atoms with E-state index < -0.39 is 11.9 Å². The number of rotatable bonds is 5. The Hall–Kier alpha value is -2.35. The highest BCUT2D eigenvalue weighted by atomic mass is 127. The third kappa shape index (κ3) is 4.56. The minimum Gasteiger partial charge on any atom is -0.497 e. The smallest absolute Gasteiger partial charge is 0.352 e. The molecule has 0 saturated carbocycles. The molecule has 2 aromatic carbocycles. The van der Waals surface area contributed by atoms with E-state index in [2.05, 4.69) is 5.32 Å². The Morgan fingerprint density at radius 3 is 2.35 bits per heavy atom. The Bertz CT molecular complexity index is 753. The Balaban J connectivity index is 2.24. The third-order valence-corrected chi connectivity index (χ3v) is 3.96. The fourth-order valence-corrected chi connectivity index (χ4v) is 2.49. The van der Waals surface area contributed by atoms with Crippen LogP contribution in [0.4, 0.5) is 0 Å². The number of amides is 1. The highest BCUT2D eigenvalue weighted by Gasteiger charge is 2.15. The van der Waals surface area contributed by atoms with E-state index in [1.54, 1.807) is 49.6 Å². The molecule has 2 N–H and O–H groups in total. The predicted octanol–water partition coefficient (Wildman–Crippen LogP) is 3.16. The fraction of sp³-hybridized carbons (Fsp3) is 0.0588. The van der Waals surface area contributed by atoms with Gasteiger partial charge in [0.2, 0.25) is 0 Å². The van der Waals surface area contributed by atoms with E-state index in [0.717, 1.165) is 3.57 Å². The summed E-state index contributed by atoms with van der Waals surface area (Å²) >= 11 is 2.03. The Morgan fingerprint density at radius 2 is 1.78 bits per heavy atom. The second kappa shape index (κ2) is 7.77. The van der Waals surface area contributed by atoms with E-state index >= 15 is 0 Å². The summed E-state index contributed by atoms with van der Waals surface area (Å²) in [6.07, 6.45) is 1.40. The largest absolute Gasteiger partial charge is 0.497 e. The van der Waals surface area contributed by atoms with Crippen LogP contribution in [0.1, 0.15) is 15.9 Å². The predicted molar refractivity (Wildman–Crippen MR) is 95.2 cm³/mol. The van der Waals surface area contributed by atoms with Gasteiger partial charge in [0.05, 0.1) is 12.7 Å². The summed E-state index contributed by atoms with van der Waals surface area (Å²) < 4.78 is 5.80. The van der Waals surface area contributed by atoms with Crippen molar-refractivity contribution in [3.8, 4) is 5.75 Å². The molecule has 5 nitrogen and oxygen atoms in total. The zero-order chi connectivity index (χ0) is 16.8. The van der Waals surface area contributed by atoms with Crippen LogP contribution < -0.4 is 10.1 Å². The van der Waals surface area contributed by atoms with Gasteiger partial charge in [0, 0.05) is 3.57 Å². The Labute approximate surface area is 147 Å². The minimum atomic E-state index is -1.21. The summed E-state index contributed by atoms with van der Waals surface area (Å²) in [7, 11) is 1.55. The van der Waals surface area contributed by atoms with Gasteiger partial charge in [-0.3, -0.25) is 4.79 Å². The zero-order valence-electron chi connectivity index (χ0n) is 12.2. The molecular formula is C17H14INO4. The van der Waals surface area contributed by atoms with Crippen molar-refractivity contribution in [1.29, 1.82) is 0 Å². The minimum absolute atomic E-state index is 0.195. The fourth-order valence-electron chi connectivity index (χ4n) is 1.85. The van der Waals surface area contributed by atoms with Gasteiger partial charge in [-0.25, -0.2) is 4.79 Å². The van der Waals surface area contributed by atoms with Gasteiger partial charge in [0.15, 0.2) is 0 Å². The van der Waals surface area contributed by atoms with Gasteiger partial charge >= 0.3 is 5.97 Å². The Kier molecular flexibility index (Phi) is 5.75. The second-order valence-corrected chi connectivity index (χ2v) is 5.73. The molecule has 0 fully saturated rings. The number of carboxylic acids is 1. The van der Waals surface area contributed by atoms with E-state index in [-0.39, 0.29) is 5.70 Å². The SMILES string of the molecule is COc1ccc(C=C(NC(=O)c2ccccc2I)C(=O)O)cc1. The normalized spacial score (nSPS) is 11.0. The molecule has 6 heteroatoms. The monoisotopic (exact) mass is 423 g/mol. The molecule has 0 heterocycles. The summed E-state index contributed by atoms with van der Waals surface area (Å²) in [5.74, 6) is -1.00. The number of carbonyl (C=O) groups excluding carboxylic acids is 1. The summed E-state index contributed by atoms with van der Waals surface area (Å²) in [5, 5.41) is 11.7. The number of ether oxygens (including phenoxy) is 1. The quantitative estimate of drug-likeness (QED) is 0.573. The number of hydrogen-bond acceptors (Lipinski definition) is 3. The number of aliphatic carboxylic acids is 1. The van der Waals surface area contributed by atoms with Gasteiger partial charge in [0.1, 0.15) is 11.4 Å². The lowest BCUT2D eigenvalue weighted by Crippen LogP contribution is -2.27. The Morgan fingerprint density at radius 1 is 1.13 bits per heavy atom. The van der Waals surface area contributed by atoms with Gasteiger partial charge in [-0.2, -0.15) is 0 Å². The zero-order valence-corrected chi connectivity index (χ0v) is 14.4. The molecule has 0 aliphatic carbocycles. The maximum atomic E-state index is 12.2. The number of carbonyl (C=O) groups is 2. The number of halogens is 1. The van der Waals surface area contributed by atoms with Crippen LogP contribution >= 0.6 is 22.6 Å². The van der Waals surface area contributed by atoms with Crippen molar-refractivity contribution < 1.29 is 19.4 Å². The molecule has 0 spiro atoms. The van der Waals surface area contributed by atoms with Crippen molar-refractivity contribution in [2.24, 2.45) is 0 Å². The first-order valence-corrected chi connectivity index (χ1v) is 7.74. The number of methoxy groups -OCH3 is 1. The summed E-state index contributed by atoms with van der Waals surface area (Å²) in [5.41, 5.74) is 0.876. The first-order chi connectivity index (χ1) is 11.0. The highest BCUT2D eigenvalue weighted by Crippen LogP contribution is 2.15. The van der Waals surface area contributed by atoms with E-state index in [0.29, 0.717) is 16.9 Å². The molecule has 0 atom stereocenters. The lowest BCUT2D eigenvalue weighted by Gasteiger charge is -2.08. The van der Waals surface area contributed by atoms with Crippen LogP contribution in [0.15, 0.2) is 54.2 Å². The van der Waals surface area contributed by atoms with Crippen molar-refractivity contribution in [3.05, 3.63) is 68.9 Å². The highest BCUT2D eigenvalue weighted by molar-refractivity contribution is 14.1. The summed E-state index contributed by atoms with van der Waals surface area (Å²) in [4.78, 5) is 23.6. The molecule has 2 aromatic rings. The van der Waals surface area contributed by atoms with Gasteiger partial charge in [0.25, 0.3) is 5.91 Å². The van der Waals surface area contributed by atoms with Crippen LogP contribution in [0.2, 0.25) is 0 Å². The van der Waals surface area contributed by atoms with Crippen molar-refractivity contribution >= 4 is 40.5 Å². The van der Waals surface area contributed by atoms with Crippen molar-refractivity contribution in [2.75, 3.05) is 7.11 Å². The van der Waals surface area contributed by atoms with Crippen molar-refractivity contribution in [3.63, 3.8) is 0 Å². The average Bonchev–Trinajstić information content (AvgIpc) is 2.55. The van der Waals surface area contributed by atoms with Gasteiger partial charge in [-0.05, 0) is 58.5 Å². The van der Waals surface area contributed by atoms with E-state index in [1.807, 2.05) is 28.7 Å². The second-order valence-electron chi connectivity index (χ2n) is 4.57. The molecule has 1 amide bonds. The first kappa shape index (κ1) is 17.0. The van der Waals surface area contributed by atoms with Crippen LogP contribution in [0.3, 0.4) is 0 Å². The molecule has 2 rings (SSSR count). The lowest BCUT2D eigenvalue weighted by atomic mass is 10.1. The van der Waals surface area contributed by atoms with Gasteiger partial charge < -0.3 is 15.2 Å².